The summed E-state index contributed by atoms with van der Waals surface area (Å²) in [7, 11) is -0.0833. The standard InChI is InChI=1S/C18H32N6O3S.HI/c1-19-18(23-16-6-12-24(13-7-16)11-4-14-27-2)21-9-10-22-28(25,26)17-5-3-8-20-15-17;/h3,5,8,15-16,22H,4,6-7,9-14H2,1-2H3,(H2,19,21,23);1H. The second-order valence-electron chi connectivity index (χ2n) is 6.69. The molecule has 1 fully saturated rings. The first-order valence-corrected chi connectivity index (χ1v) is 11.1. The highest BCUT2D eigenvalue weighted by molar-refractivity contribution is 14.0. The third-order valence-electron chi connectivity index (χ3n) is 4.63. The predicted molar refractivity (Wildman–Crippen MR) is 125 cm³/mol. The van der Waals surface area contributed by atoms with Crippen molar-refractivity contribution in [1.82, 2.24) is 25.2 Å². The number of piperidine rings is 1. The van der Waals surface area contributed by atoms with Gasteiger partial charge in [0.25, 0.3) is 0 Å². The smallest absolute Gasteiger partial charge is 0.242 e. The van der Waals surface area contributed by atoms with Crippen LogP contribution in [0.2, 0.25) is 0 Å². The lowest BCUT2D eigenvalue weighted by atomic mass is 10.1. The van der Waals surface area contributed by atoms with Gasteiger partial charge in [-0.25, -0.2) is 13.1 Å². The summed E-state index contributed by atoms with van der Waals surface area (Å²) in [5.41, 5.74) is 0. The Balaban J connectivity index is 0.00000420. The van der Waals surface area contributed by atoms with E-state index in [-0.39, 0.29) is 35.4 Å². The van der Waals surface area contributed by atoms with Gasteiger partial charge >= 0.3 is 0 Å². The zero-order valence-electron chi connectivity index (χ0n) is 17.1. The van der Waals surface area contributed by atoms with Gasteiger partial charge in [0.1, 0.15) is 4.90 Å². The van der Waals surface area contributed by atoms with Crippen LogP contribution in [0, 0.1) is 0 Å². The Morgan fingerprint density at radius 1 is 1.34 bits per heavy atom. The minimum atomic E-state index is -3.54. The topological polar surface area (TPSA) is 108 Å². The maximum absolute atomic E-state index is 12.2. The molecule has 11 heteroatoms. The quantitative estimate of drug-likeness (QED) is 0.173. The van der Waals surface area contributed by atoms with Crippen LogP contribution in [0.4, 0.5) is 0 Å². The maximum Gasteiger partial charge on any atom is 0.242 e. The van der Waals surface area contributed by atoms with Crippen molar-refractivity contribution < 1.29 is 13.2 Å². The van der Waals surface area contributed by atoms with Crippen molar-refractivity contribution in [3.63, 3.8) is 0 Å². The van der Waals surface area contributed by atoms with Gasteiger partial charge in [-0.05, 0) is 31.4 Å². The molecular weight excluding hydrogens is 507 g/mol. The molecule has 0 bridgehead atoms. The number of aromatic nitrogens is 1. The molecule has 0 aromatic carbocycles. The Labute approximate surface area is 191 Å². The van der Waals surface area contributed by atoms with Crippen molar-refractivity contribution in [1.29, 1.82) is 0 Å². The van der Waals surface area contributed by atoms with E-state index in [2.05, 4.69) is 30.2 Å². The third-order valence-corrected chi connectivity index (χ3v) is 6.08. The molecule has 9 nitrogen and oxygen atoms in total. The van der Waals surface area contributed by atoms with Crippen LogP contribution in [0.15, 0.2) is 34.4 Å². The molecule has 1 aromatic heterocycles. The number of halogens is 1. The molecule has 1 aromatic rings. The molecule has 2 heterocycles. The Kier molecular flexibility index (Phi) is 12.6. The van der Waals surface area contributed by atoms with Gasteiger partial charge in [0, 0.05) is 71.9 Å². The first-order valence-electron chi connectivity index (χ1n) is 9.63. The van der Waals surface area contributed by atoms with Crippen LogP contribution in [-0.4, -0.2) is 83.8 Å². The second-order valence-corrected chi connectivity index (χ2v) is 8.46. The minimum absolute atomic E-state index is 0. The van der Waals surface area contributed by atoms with E-state index in [0.29, 0.717) is 18.5 Å². The van der Waals surface area contributed by atoms with Crippen LogP contribution in [0.5, 0.6) is 0 Å². The average Bonchev–Trinajstić information content (AvgIpc) is 2.72. The highest BCUT2D eigenvalue weighted by Crippen LogP contribution is 2.10. The molecule has 3 N–H and O–H groups in total. The van der Waals surface area contributed by atoms with Gasteiger partial charge in [0.05, 0.1) is 0 Å². The summed E-state index contributed by atoms with van der Waals surface area (Å²) in [4.78, 5) is 10.7. The van der Waals surface area contributed by atoms with E-state index in [1.807, 2.05) is 0 Å². The van der Waals surface area contributed by atoms with Crippen molar-refractivity contribution in [2.75, 3.05) is 53.5 Å². The largest absolute Gasteiger partial charge is 0.385 e. The van der Waals surface area contributed by atoms with Crippen LogP contribution >= 0.6 is 24.0 Å². The fourth-order valence-corrected chi connectivity index (χ4v) is 4.07. The summed E-state index contributed by atoms with van der Waals surface area (Å²) >= 11 is 0. The molecule has 0 radical (unpaired) electrons. The lowest BCUT2D eigenvalue weighted by Crippen LogP contribution is -2.49. The Morgan fingerprint density at radius 2 is 2.10 bits per heavy atom. The number of guanidine groups is 1. The number of hydrogen-bond acceptors (Lipinski definition) is 6. The van der Waals surface area contributed by atoms with Gasteiger partial charge in [0.15, 0.2) is 5.96 Å². The SMILES string of the molecule is CN=C(NCCNS(=O)(=O)c1cccnc1)NC1CCN(CCCOC)CC1.I. The zero-order valence-corrected chi connectivity index (χ0v) is 20.3. The van der Waals surface area contributed by atoms with E-state index < -0.39 is 10.0 Å². The monoisotopic (exact) mass is 540 g/mol. The van der Waals surface area contributed by atoms with Crippen molar-refractivity contribution in [3.05, 3.63) is 24.5 Å². The van der Waals surface area contributed by atoms with E-state index in [0.717, 1.165) is 45.5 Å². The number of methoxy groups -OCH3 is 1. The predicted octanol–water partition coefficient (Wildman–Crippen LogP) is 0.644. The third kappa shape index (κ3) is 9.55. The Hall–Kier alpha value is -1.02. The average molecular weight is 540 g/mol. The Morgan fingerprint density at radius 3 is 2.72 bits per heavy atom. The molecule has 1 saturated heterocycles. The van der Waals surface area contributed by atoms with E-state index in [9.17, 15) is 8.42 Å². The normalized spacial score (nSPS) is 16.3. The molecule has 2 rings (SSSR count). The molecule has 29 heavy (non-hydrogen) atoms. The molecular formula is C18H33IN6O3S. The Bertz CT molecular complexity index is 697. The summed E-state index contributed by atoms with van der Waals surface area (Å²) in [6.45, 7) is 4.70. The van der Waals surface area contributed by atoms with Crippen LogP contribution in [0.3, 0.4) is 0 Å². The van der Waals surface area contributed by atoms with Gasteiger partial charge in [0.2, 0.25) is 10.0 Å². The minimum Gasteiger partial charge on any atom is -0.385 e. The van der Waals surface area contributed by atoms with E-state index >= 15 is 0 Å². The van der Waals surface area contributed by atoms with Crippen molar-refractivity contribution in [2.45, 2.75) is 30.2 Å². The number of ether oxygens (including phenoxy) is 1. The molecule has 0 atom stereocenters. The number of pyridine rings is 1. The van der Waals surface area contributed by atoms with Gasteiger partial charge in [-0.15, -0.1) is 24.0 Å². The second kappa shape index (κ2) is 14.1. The number of hydrogen-bond donors (Lipinski definition) is 3. The number of nitrogens with zero attached hydrogens (tertiary/aromatic N) is 3. The number of nitrogens with one attached hydrogen (secondary N) is 3. The summed E-state index contributed by atoms with van der Waals surface area (Å²) in [5.74, 6) is 0.693. The zero-order chi connectivity index (χ0) is 20.2. The van der Waals surface area contributed by atoms with Gasteiger partial charge < -0.3 is 20.3 Å². The fourth-order valence-electron chi connectivity index (χ4n) is 3.08. The van der Waals surface area contributed by atoms with Crippen molar-refractivity contribution >= 4 is 40.0 Å². The van der Waals surface area contributed by atoms with Gasteiger partial charge in [-0.2, -0.15) is 0 Å². The van der Waals surface area contributed by atoms with Crippen LogP contribution < -0.4 is 15.4 Å². The molecule has 166 valence electrons. The molecule has 1 aliphatic rings. The van der Waals surface area contributed by atoms with E-state index in [1.54, 1.807) is 26.4 Å². The van der Waals surface area contributed by atoms with Crippen LogP contribution in [0.1, 0.15) is 19.3 Å². The number of aliphatic imine (C=N–C) groups is 1. The van der Waals surface area contributed by atoms with E-state index in [1.165, 1.54) is 12.3 Å². The number of likely N-dealkylation sites (tertiary alicyclic amines) is 1. The highest BCUT2D eigenvalue weighted by Gasteiger charge is 2.19. The fraction of sp³-hybridized carbons (Fsp3) is 0.667. The molecule has 0 spiro atoms. The molecule has 0 aliphatic carbocycles. The van der Waals surface area contributed by atoms with Crippen LogP contribution in [-0.2, 0) is 14.8 Å². The number of sulfonamides is 1. The first kappa shape index (κ1) is 26.0. The van der Waals surface area contributed by atoms with Crippen molar-refractivity contribution in [2.24, 2.45) is 4.99 Å². The summed E-state index contributed by atoms with van der Waals surface area (Å²) < 4.78 is 32.0. The van der Waals surface area contributed by atoms with Gasteiger partial charge in [-0.3, -0.25) is 9.98 Å². The maximum atomic E-state index is 12.2. The summed E-state index contributed by atoms with van der Waals surface area (Å²) in [5, 5.41) is 6.58. The van der Waals surface area contributed by atoms with E-state index in [4.69, 9.17) is 4.74 Å². The molecule has 0 unspecified atom stereocenters. The lowest BCUT2D eigenvalue weighted by Gasteiger charge is -2.33. The van der Waals surface area contributed by atoms with Crippen molar-refractivity contribution in [3.8, 4) is 0 Å². The summed E-state index contributed by atoms with van der Waals surface area (Å²) in [6, 6.07) is 3.49. The molecule has 1 aliphatic heterocycles. The molecule has 0 saturated carbocycles. The molecule has 0 amide bonds. The summed E-state index contributed by atoms with van der Waals surface area (Å²) in [6.07, 6.45) is 6.05. The van der Waals surface area contributed by atoms with Gasteiger partial charge in [-0.1, -0.05) is 0 Å². The first-order chi connectivity index (χ1) is 13.5. The van der Waals surface area contributed by atoms with Crippen LogP contribution in [0.25, 0.3) is 0 Å². The number of rotatable bonds is 10. The highest BCUT2D eigenvalue weighted by atomic mass is 127. The lowest BCUT2D eigenvalue weighted by molar-refractivity contribution is 0.155.